The maximum atomic E-state index is 11.7. The zero-order valence-corrected chi connectivity index (χ0v) is 35.5. The first-order valence-electron chi connectivity index (χ1n) is 13.1. The second-order valence-corrected chi connectivity index (χ2v) is 35.0. The summed E-state index contributed by atoms with van der Waals surface area (Å²) in [6.07, 6.45) is 0. The second-order valence-electron chi connectivity index (χ2n) is 9.44. The molecule has 0 saturated carbocycles. The normalized spacial score (nSPS) is 30.0. The standard InChI is InChI=1S/C6H18O10Si3.C6H17O6Si3.C3H9O2Si.5CH4.2Al/c1-9-17(7,10-2)15-19(13-5,14-6)16-18(8,11-3)12-4;1-5-13(3,7)11-15(9,10)12-14(4,8)6-2;1-3-6(2,4)5;;;;;;;/h1-6H3;9H,5-6H2,1-4H3;4H,3H2,1-2H3;5*1H4;;/q-2;-3;-1;;;;;;2*+3/t;13-,14+,15?;6-;;;;;;;/m..1......./s1. The van der Waals surface area contributed by atoms with E-state index in [-0.39, 0.29) is 37.1 Å². The van der Waals surface area contributed by atoms with Crippen LogP contribution < -0.4 is 0 Å². The zero-order valence-electron chi connectivity index (χ0n) is 26.2. The van der Waals surface area contributed by atoms with E-state index in [4.69, 9.17) is 63.9 Å². The highest BCUT2D eigenvalue weighted by Gasteiger charge is 2.71. The van der Waals surface area contributed by atoms with E-state index in [1.54, 1.807) is 33.5 Å². The largest absolute Gasteiger partial charge is 0.882 e. The van der Waals surface area contributed by atoms with Crippen LogP contribution in [-0.4, -0.2) is 144 Å². The van der Waals surface area contributed by atoms with Gasteiger partial charge in [-0.15, -0.1) is 0 Å². The van der Waals surface area contributed by atoms with E-state index < -0.39 is 92.2 Å². The Kier molecular flexibility index (Phi) is 26.2. The Bertz CT molecular complexity index is 869. The van der Waals surface area contributed by atoms with Gasteiger partial charge in [-0.2, -0.15) is 0 Å². The molecule has 2 rings (SSSR count). The van der Waals surface area contributed by atoms with Gasteiger partial charge < -0.3 is 73.5 Å². The lowest BCUT2D eigenvalue weighted by Gasteiger charge is -2.46. The van der Waals surface area contributed by atoms with Crippen molar-refractivity contribution >= 4 is 92.2 Å². The smallest absolute Gasteiger partial charge is 0.479 e. The van der Waals surface area contributed by atoms with Crippen molar-refractivity contribution in [2.45, 2.75) is 95.7 Å². The van der Waals surface area contributed by atoms with E-state index in [0.29, 0.717) is 18.1 Å². The molecule has 0 radical (unpaired) electrons. The van der Waals surface area contributed by atoms with Crippen LogP contribution in [0.25, 0.3) is 0 Å². The van der Waals surface area contributed by atoms with Crippen LogP contribution in [0.1, 0.15) is 57.9 Å². The number of rotatable bonds is 11. The molecular formula is C20H64Al2O18Si7. The molecule has 0 aromatic heterocycles. The first-order valence-corrected chi connectivity index (χ1v) is 30.1. The van der Waals surface area contributed by atoms with Crippen LogP contribution in [0.15, 0.2) is 0 Å². The predicted octanol–water partition coefficient (Wildman–Crippen LogP) is 3.21. The van der Waals surface area contributed by atoms with Crippen molar-refractivity contribution in [3.63, 3.8) is 0 Å². The topological polar surface area (TPSA) is 188 Å². The number of fused-ring (bicyclic) bond motifs is 2. The first-order chi connectivity index (χ1) is 19.4. The van der Waals surface area contributed by atoms with Crippen molar-refractivity contribution in [3.8, 4) is 0 Å². The lowest BCUT2D eigenvalue weighted by molar-refractivity contribution is -0.0413. The van der Waals surface area contributed by atoms with Gasteiger partial charge in [-0.25, -0.2) is 0 Å². The van der Waals surface area contributed by atoms with Crippen LogP contribution in [0.3, 0.4) is 0 Å². The van der Waals surface area contributed by atoms with Gasteiger partial charge in [-0.1, -0.05) is 57.9 Å². The third-order valence-electron chi connectivity index (χ3n) is 6.40. The molecule has 2 aliphatic heterocycles. The van der Waals surface area contributed by atoms with Crippen LogP contribution in [0.5, 0.6) is 0 Å². The highest BCUT2D eigenvalue weighted by atomic mass is 28.5. The minimum absolute atomic E-state index is 0. The Morgan fingerprint density at radius 1 is 0.574 bits per heavy atom. The summed E-state index contributed by atoms with van der Waals surface area (Å²) in [4.78, 5) is 22.7. The van der Waals surface area contributed by atoms with E-state index in [1.165, 1.54) is 42.7 Å². The van der Waals surface area contributed by atoms with Gasteiger partial charge in [0.05, 0.1) is 0 Å². The third-order valence-corrected chi connectivity index (χ3v) is 36.9. The van der Waals surface area contributed by atoms with Crippen molar-refractivity contribution in [1.29, 1.82) is 0 Å². The minimum Gasteiger partial charge on any atom is -0.479 e. The average Bonchev–Trinajstić information content (AvgIpc) is 2.94. The summed E-state index contributed by atoms with van der Waals surface area (Å²) in [5, 5.41) is 0. The molecule has 0 aliphatic carbocycles. The van der Waals surface area contributed by atoms with E-state index in [2.05, 4.69) is 0 Å². The highest BCUT2D eigenvalue weighted by molar-refractivity contribution is 6.89. The Labute approximate surface area is 302 Å². The Hall–Kier alpha value is 1.86. The fourth-order valence-electron chi connectivity index (χ4n) is 3.32. The van der Waals surface area contributed by atoms with Gasteiger partial charge >= 0.3 is 92.2 Å². The fourth-order valence-corrected chi connectivity index (χ4v) is 34.4. The molecule has 2 N–H and O–H groups in total. The summed E-state index contributed by atoms with van der Waals surface area (Å²) in [5.74, 6) is 0. The van der Waals surface area contributed by atoms with Crippen molar-refractivity contribution in [3.05, 3.63) is 0 Å². The van der Waals surface area contributed by atoms with Crippen LogP contribution in [0, 0.1) is 0 Å². The molecule has 47 heavy (non-hydrogen) atoms. The second kappa shape index (κ2) is 22.2. The zero-order chi connectivity index (χ0) is 32.1. The Morgan fingerprint density at radius 3 is 1.32 bits per heavy atom. The molecule has 27 heteroatoms. The van der Waals surface area contributed by atoms with Gasteiger partial charge in [0.1, 0.15) is 0 Å². The van der Waals surface area contributed by atoms with E-state index in [1.807, 2.05) is 6.92 Å². The van der Waals surface area contributed by atoms with Gasteiger partial charge in [0.15, 0.2) is 0 Å². The molecule has 2 saturated heterocycles. The summed E-state index contributed by atoms with van der Waals surface area (Å²) in [6, 6.07) is 1.03. The molecular weight excluding hydrogens is 779 g/mol. The molecule has 1 unspecified atom stereocenters. The molecule has 2 heterocycles. The fraction of sp³-hybridized carbons (Fsp3) is 1.00. The summed E-state index contributed by atoms with van der Waals surface area (Å²) >= 11 is -6.88. The molecule has 286 valence electrons. The van der Waals surface area contributed by atoms with Crippen LogP contribution >= 0.6 is 0 Å². The summed E-state index contributed by atoms with van der Waals surface area (Å²) in [5.41, 5.74) is 0. The van der Waals surface area contributed by atoms with Gasteiger partial charge in [0.25, 0.3) is 0 Å². The monoisotopic (exact) mass is 842 g/mol. The maximum absolute atomic E-state index is 11.7. The van der Waals surface area contributed by atoms with E-state index >= 15 is 0 Å². The number of hydrogen-bond acceptors (Lipinski definition) is 18. The van der Waals surface area contributed by atoms with Gasteiger partial charge in [0, 0.05) is 42.7 Å². The third kappa shape index (κ3) is 14.7. The van der Waals surface area contributed by atoms with Crippen molar-refractivity contribution in [1.82, 2.24) is 0 Å². The Balaban J connectivity index is -0.00000185. The minimum atomic E-state index is -4.50. The van der Waals surface area contributed by atoms with E-state index in [9.17, 15) is 9.59 Å². The van der Waals surface area contributed by atoms with Crippen LogP contribution in [-0.2, 0) is 63.9 Å². The van der Waals surface area contributed by atoms with Gasteiger partial charge in [-0.05, 0) is 37.8 Å². The maximum Gasteiger partial charge on any atom is 0.882 e. The molecule has 2 aliphatic rings. The SMILES string of the molecule is C.C.C.C.C.CC[Si@@]1(C)[O][Al]([O][Si@@](C)(O)CC)[O][Si](OC)(OC)O[Si](OC)(OC)O[Si](OC)(OC)[O][Al]2[O][Si](O)(O1)O[Si@](C)(CC)[O]2. The number of hydrogen-bond donors (Lipinski definition) is 2. The molecule has 18 nitrogen and oxygen atoms in total. The summed E-state index contributed by atoms with van der Waals surface area (Å²) in [6.45, 7) is 10.4. The molecule has 0 amide bonds. The van der Waals surface area contributed by atoms with Crippen molar-refractivity contribution in [2.24, 2.45) is 0 Å². The van der Waals surface area contributed by atoms with Gasteiger partial charge in [-0.3, -0.25) is 0 Å². The quantitative estimate of drug-likeness (QED) is 0.289. The molecule has 2 bridgehead atoms. The Morgan fingerprint density at radius 2 is 0.957 bits per heavy atom. The highest BCUT2D eigenvalue weighted by Crippen LogP contribution is 2.34. The van der Waals surface area contributed by atoms with Crippen LogP contribution in [0.4, 0.5) is 0 Å². The molecule has 0 aromatic rings. The summed E-state index contributed by atoms with van der Waals surface area (Å²) < 4.78 is 95.4. The molecule has 4 atom stereocenters. The molecule has 2 fully saturated rings. The predicted molar refractivity (Wildman–Crippen MR) is 192 cm³/mol. The average molecular weight is 843 g/mol. The summed E-state index contributed by atoms with van der Waals surface area (Å²) in [7, 11) is -19.7. The first kappa shape index (κ1) is 55.6. The van der Waals surface area contributed by atoms with Gasteiger partial charge in [0.2, 0.25) is 0 Å². The van der Waals surface area contributed by atoms with Crippen molar-refractivity contribution in [2.75, 3.05) is 42.7 Å². The van der Waals surface area contributed by atoms with E-state index in [0.717, 1.165) is 0 Å². The lowest BCUT2D eigenvalue weighted by atomic mass is 11.0. The molecule has 0 spiro atoms. The molecule has 0 aromatic carbocycles. The van der Waals surface area contributed by atoms with Crippen molar-refractivity contribution < 1.29 is 73.5 Å². The van der Waals surface area contributed by atoms with Crippen LogP contribution in [0.2, 0.25) is 37.8 Å². The lowest BCUT2D eigenvalue weighted by Crippen LogP contribution is -2.73.